The van der Waals surface area contributed by atoms with Crippen LogP contribution in [0.3, 0.4) is 0 Å². The number of amides is 1. The second-order valence-corrected chi connectivity index (χ2v) is 5.44. The van der Waals surface area contributed by atoms with Crippen LogP contribution in [0.2, 0.25) is 0 Å². The summed E-state index contributed by atoms with van der Waals surface area (Å²) in [5, 5.41) is 16.9. The maximum atomic E-state index is 11.1. The van der Waals surface area contributed by atoms with E-state index in [1.54, 1.807) is 0 Å². The zero-order chi connectivity index (χ0) is 15.6. The SMILES string of the molecule is Cc1csc(C(C)Nc2ccc(C(N)=O)cc2[N+](=O)[O-])n1. The van der Waals surface area contributed by atoms with Crippen molar-refractivity contribution in [2.24, 2.45) is 5.73 Å². The van der Waals surface area contributed by atoms with Crippen molar-refractivity contribution in [2.45, 2.75) is 19.9 Å². The zero-order valence-electron chi connectivity index (χ0n) is 11.5. The number of carbonyl (C=O) groups excluding carboxylic acids is 1. The fraction of sp³-hybridized carbons (Fsp3) is 0.231. The Balaban J connectivity index is 2.31. The molecule has 0 fully saturated rings. The molecule has 1 amide bonds. The highest BCUT2D eigenvalue weighted by Crippen LogP contribution is 2.30. The molecule has 0 bridgehead atoms. The molecule has 0 radical (unpaired) electrons. The summed E-state index contributed by atoms with van der Waals surface area (Å²) in [6, 6.07) is 3.93. The van der Waals surface area contributed by atoms with Gasteiger partial charge in [0.1, 0.15) is 10.7 Å². The van der Waals surface area contributed by atoms with Gasteiger partial charge in [0, 0.05) is 22.7 Å². The molecule has 0 saturated carbocycles. The summed E-state index contributed by atoms with van der Waals surface area (Å²) in [7, 11) is 0. The number of aryl methyl sites for hydroxylation is 1. The molecular formula is C13H14N4O3S. The van der Waals surface area contributed by atoms with E-state index in [2.05, 4.69) is 10.3 Å². The third-order valence-electron chi connectivity index (χ3n) is 2.86. The third-order valence-corrected chi connectivity index (χ3v) is 4.00. The molecule has 8 heteroatoms. The van der Waals surface area contributed by atoms with Gasteiger partial charge < -0.3 is 11.1 Å². The predicted molar refractivity (Wildman–Crippen MR) is 80.5 cm³/mol. The van der Waals surface area contributed by atoms with Gasteiger partial charge in [0.15, 0.2) is 0 Å². The van der Waals surface area contributed by atoms with Gasteiger partial charge in [-0.3, -0.25) is 14.9 Å². The number of rotatable bonds is 5. The van der Waals surface area contributed by atoms with E-state index < -0.39 is 10.8 Å². The lowest BCUT2D eigenvalue weighted by Crippen LogP contribution is -2.13. The highest BCUT2D eigenvalue weighted by Gasteiger charge is 2.19. The number of thiazole rings is 1. The quantitative estimate of drug-likeness (QED) is 0.651. The molecule has 0 aliphatic rings. The molecule has 1 heterocycles. The van der Waals surface area contributed by atoms with Crippen molar-refractivity contribution < 1.29 is 9.72 Å². The molecule has 110 valence electrons. The van der Waals surface area contributed by atoms with Gasteiger partial charge in [-0.15, -0.1) is 11.3 Å². The first kappa shape index (κ1) is 14.9. The maximum Gasteiger partial charge on any atom is 0.293 e. The Kier molecular flexibility index (Phi) is 4.18. The molecule has 1 aromatic heterocycles. The van der Waals surface area contributed by atoms with Gasteiger partial charge in [0.25, 0.3) is 5.69 Å². The second-order valence-electron chi connectivity index (χ2n) is 4.55. The minimum atomic E-state index is -0.701. The second kappa shape index (κ2) is 5.88. The topological polar surface area (TPSA) is 111 Å². The van der Waals surface area contributed by atoms with Crippen molar-refractivity contribution in [2.75, 3.05) is 5.32 Å². The van der Waals surface area contributed by atoms with Gasteiger partial charge in [0.05, 0.1) is 11.0 Å². The monoisotopic (exact) mass is 306 g/mol. The molecule has 0 aliphatic heterocycles. The number of nitrogens with zero attached hydrogens (tertiary/aromatic N) is 2. The van der Waals surface area contributed by atoms with Crippen LogP contribution in [-0.4, -0.2) is 15.8 Å². The number of nitrogens with two attached hydrogens (primary N) is 1. The first-order valence-electron chi connectivity index (χ1n) is 6.15. The van der Waals surface area contributed by atoms with Crippen LogP contribution in [0.5, 0.6) is 0 Å². The summed E-state index contributed by atoms with van der Waals surface area (Å²) in [6.45, 7) is 3.75. The highest BCUT2D eigenvalue weighted by molar-refractivity contribution is 7.09. The van der Waals surface area contributed by atoms with E-state index in [1.807, 2.05) is 19.2 Å². The number of hydrogen-bond donors (Lipinski definition) is 2. The van der Waals surface area contributed by atoms with E-state index in [4.69, 9.17) is 5.73 Å². The number of nitro benzene ring substituents is 1. The molecule has 0 spiro atoms. The van der Waals surface area contributed by atoms with Crippen LogP contribution in [0.1, 0.15) is 34.0 Å². The minimum absolute atomic E-state index is 0.102. The van der Waals surface area contributed by atoms with Crippen molar-refractivity contribution in [3.05, 3.63) is 50.0 Å². The van der Waals surface area contributed by atoms with E-state index in [9.17, 15) is 14.9 Å². The standard InChI is InChI=1S/C13H14N4O3S/c1-7-6-21-13(15-7)8(2)16-10-4-3-9(12(14)18)5-11(10)17(19)20/h3-6,8,16H,1-2H3,(H2,14,18). The lowest BCUT2D eigenvalue weighted by Gasteiger charge is -2.13. The Hall–Kier alpha value is -2.48. The molecule has 0 saturated heterocycles. The predicted octanol–water partition coefficient (Wildman–Crippen LogP) is 2.63. The Morgan fingerprint density at radius 1 is 1.52 bits per heavy atom. The number of benzene rings is 1. The normalized spacial score (nSPS) is 11.9. The molecule has 7 nitrogen and oxygen atoms in total. The van der Waals surface area contributed by atoms with Gasteiger partial charge in [-0.25, -0.2) is 4.98 Å². The molecule has 0 aliphatic carbocycles. The van der Waals surface area contributed by atoms with Crippen molar-refractivity contribution in [1.82, 2.24) is 4.98 Å². The summed E-state index contributed by atoms with van der Waals surface area (Å²) in [4.78, 5) is 26.0. The number of aromatic nitrogens is 1. The first-order valence-corrected chi connectivity index (χ1v) is 7.03. The molecule has 1 aromatic carbocycles. The van der Waals surface area contributed by atoms with Gasteiger partial charge in [-0.1, -0.05) is 0 Å². The van der Waals surface area contributed by atoms with Gasteiger partial charge >= 0.3 is 0 Å². The average molecular weight is 306 g/mol. The van der Waals surface area contributed by atoms with Crippen molar-refractivity contribution in [3.63, 3.8) is 0 Å². The van der Waals surface area contributed by atoms with E-state index in [-0.39, 0.29) is 17.3 Å². The lowest BCUT2D eigenvalue weighted by atomic mass is 10.1. The van der Waals surface area contributed by atoms with Crippen LogP contribution < -0.4 is 11.1 Å². The van der Waals surface area contributed by atoms with Crippen molar-refractivity contribution in [1.29, 1.82) is 0 Å². The van der Waals surface area contributed by atoms with E-state index in [0.717, 1.165) is 10.7 Å². The van der Waals surface area contributed by atoms with Crippen molar-refractivity contribution >= 4 is 28.6 Å². The zero-order valence-corrected chi connectivity index (χ0v) is 12.3. The Labute approximate surface area is 125 Å². The number of nitrogens with one attached hydrogen (secondary N) is 1. The number of primary amides is 1. The minimum Gasteiger partial charge on any atom is -0.371 e. The Bertz CT molecular complexity index is 698. The molecule has 21 heavy (non-hydrogen) atoms. The maximum absolute atomic E-state index is 11.1. The van der Waals surface area contributed by atoms with E-state index >= 15 is 0 Å². The molecular weight excluding hydrogens is 292 g/mol. The highest BCUT2D eigenvalue weighted by atomic mass is 32.1. The van der Waals surface area contributed by atoms with E-state index in [1.165, 1.54) is 29.5 Å². The fourth-order valence-corrected chi connectivity index (χ4v) is 2.63. The van der Waals surface area contributed by atoms with Crippen LogP contribution in [0.4, 0.5) is 11.4 Å². The molecule has 1 unspecified atom stereocenters. The Morgan fingerprint density at radius 3 is 2.76 bits per heavy atom. The Morgan fingerprint density at radius 2 is 2.24 bits per heavy atom. The molecule has 2 rings (SSSR count). The number of anilines is 1. The largest absolute Gasteiger partial charge is 0.371 e. The molecule has 1 atom stereocenters. The van der Waals surface area contributed by atoms with Crippen molar-refractivity contribution in [3.8, 4) is 0 Å². The number of nitro groups is 1. The number of hydrogen-bond acceptors (Lipinski definition) is 6. The van der Waals surface area contributed by atoms with Crippen LogP contribution in [0.15, 0.2) is 23.6 Å². The number of carbonyl (C=O) groups is 1. The molecule has 2 aromatic rings. The third kappa shape index (κ3) is 3.34. The summed E-state index contributed by atoms with van der Waals surface area (Å²) >= 11 is 1.48. The summed E-state index contributed by atoms with van der Waals surface area (Å²) in [5.74, 6) is -0.701. The van der Waals surface area contributed by atoms with Crippen LogP contribution in [0, 0.1) is 17.0 Å². The van der Waals surface area contributed by atoms with Crippen LogP contribution in [0.25, 0.3) is 0 Å². The summed E-state index contributed by atoms with van der Waals surface area (Å²) in [5.41, 5.74) is 6.28. The fourth-order valence-electron chi connectivity index (χ4n) is 1.82. The molecule has 3 N–H and O–H groups in total. The lowest BCUT2D eigenvalue weighted by molar-refractivity contribution is -0.384. The summed E-state index contributed by atoms with van der Waals surface area (Å²) < 4.78 is 0. The van der Waals surface area contributed by atoms with Gasteiger partial charge in [0.2, 0.25) is 5.91 Å². The summed E-state index contributed by atoms with van der Waals surface area (Å²) in [6.07, 6.45) is 0. The van der Waals surface area contributed by atoms with Gasteiger partial charge in [-0.2, -0.15) is 0 Å². The van der Waals surface area contributed by atoms with Crippen LogP contribution >= 0.6 is 11.3 Å². The smallest absolute Gasteiger partial charge is 0.293 e. The van der Waals surface area contributed by atoms with E-state index in [0.29, 0.717) is 5.69 Å². The van der Waals surface area contributed by atoms with Gasteiger partial charge in [-0.05, 0) is 26.0 Å². The van der Waals surface area contributed by atoms with Crippen LogP contribution in [-0.2, 0) is 0 Å². The first-order chi connectivity index (χ1) is 9.88. The average Bonchev–Trinajstić information content (AvgIpc) is 2.85.